The number of aliphatic imine (C=N–C) groups is 1. The van der Waals surface area contributed by atoms with Gasteiger partial charge in [-0.3, -0.25) is 9.89 Å². The van der Waals surface area contributed by atoms with Gasteiger partial charge in [-0.2, -0.15) is 0 Å². The van der Waals surface area contributed by atoms with E-state index in [9.17, 15) is 0 Å². The van der Waals surface area contributed by atoms with Gasteiger partial charge >= 0.3 is 0 Å². The second-order valence-corrected chi connectivity index (χ2v) is 7.90. The van der Waals surface area contributed by atoms with E-state index in [0.717, 1.165) is 45.3 Å². The number of nitrogens with one attached hydrogen (secondary N) is 1. The molecule has 1 N–H and O–H groups in total. The second kappa shape index (κ2) is 13.3. The lowest BCUT2D eigenvalue weighted by molar-refractivity contribution is 0.157. The van der Waals surface area contributed by atoms with Crippen LogP contribution in [0.2, 0.25) is 0 Å². The van der Waals surface area contributed by atoms with Gasteiger partial charge in [0, 0.05) is 71.6 Å². The average molecular weight is 515 g/mol. The van der Waals surface area contributed by atoms with Crippen LogP contribution in [-0.4, -0.2) is 88.9 Å². The number of hydrogen-bond acceptors (Lipinski definition) is 4. The number of piperazine rings is 1. The number of likely N-dealkylation sites (tertiary alicyclic amines) is 1. The molecule has 2 aliphatic heterocycles. The lowest BCUT2D eigenvalue weighted by atomic mass is 10.1. The average Bonchev–Trinajstić information content (AvgIpc) is 3.20. The molecule has 1 aromatic rings. The van der Waals surface area contributed by atoms with Crippen LogP contribution >= 0.6 is 24.0 Å². The molecule has 2 heterocycles. The fourth-order valence-corrected chi connectivity index (χ4v) is 4.26. The first-order valence-corrected chi connectivity index (χ1v) is 10.8. The number of nitrogens with zero attached hydrogens (tertiary/aromatic N) is 4. The molecule has 2 fully saturated rings. The number of unbranched alkanes of at least 4 members (excludes halogenated alkanes) is 1. The van der Waals surface area contributed by atoms with Crippen LogP contribution < -0.4 is 10.2 Å². The first-order valence-electron chi connectivity index (χ1n) is 10.8. The van der Waals surface area contributed by atoms with Gasteiger partial charge in [0.05, 0.1) is 6.61 Å². The van der Waals surface area contributed by atoms with E-state index in [1.165, 1.54) is 44.6 Å². The monoisotopic (exact) mass is 515 g/mol. The van der Waals surface area contributed by atoms with Crippen molar-refractivity contribution in [3.8, 4) is 0 Å². The quantitative estimate of drug-likeness (QED) is 0.250. The van der Waals surface area contributed by atoms with Gasteiger partial charge in [0.25, 0.3) is 0 Å². The predicted octanol–water partition coefficient (Wildman–Crippen LogP) is 2.75. The molecule has 29 heavy (non-hydrogen) atoms. The van der Waals surface area contributed by atoms with Crippen molar-refractivity contribution in [3.05, 3.63) is 30.3 Å². The van der Waals surface area contributed by atoms with Crippen molar-refractivity contribution in [2.24, 2.45) is 10.9 Å². The Balaban J connectivity index is 0.00000300. The molecular weight excluding hydrogens is 477 g/mol. The highest BCUT2D eigenvalue weighted by molar-refractivity contribution is 14.0. The molecule has 0 radical (unpaired) electrons. The van der Waals surface area contributed by atoms with Gasteiger partial charge in [0.1, 0.15) is 0 Å². The molecule has 0 spiro atoms. The Morgan fingerprint density at radius 2 is 1.86 bits per heavy atom. The third-order valence-electron chi connectivity index (χ3n) is 5.88. The molecule has 0 saturated carbocycles. The first kappa shape index (κ1) is 24.2. The first-order chi connectivity index (χ1) is 13.8. The minimum Gasteiger partial charge on any atom is -0.384 e. The molecule has 7 heteroatoms. The Hall–Kier alpha value is -1.06. The fraction of sp³-hybridized carbons (Fsp3) is 0.682. The molecule has 1 atom stereocenters. The lowest BCUT2D eigenvalue weighted by Gasteiger charge is -2.36. The molecule has 0 aromatic heterocycles. The summed E-state index contributed by atoms with van der Waals surface area (Å²) in [6, 6.07) is 10.8. The number of methoxy groups -OCH3 is 1. The summed E-state index contributed by atoms with van der Waals surface area (Å²) < 4.78 is 5.30. The molecule has 164 valence electrons. The summed E-state index contributed by atoms with van der Waals surface area (Å²) in [4.78, 5) is 11.9. The maximum atomic E-state index is 5.30. The molecule has 6 nitrogen and oxygen atoms in total. The summed E-state index contributed by atoms with van der Waals surface area (Å²) in [5.41, 5.74) is 1.35. The molecule has 2 aliphatic rings. The van der Waals surface area contributed by atoms with Crippen LogP contribution in [0.1, 0.15) is 19.3 Å². The Morgan fingerprint density at radius 1 is 1.10 bits per heavy atom. The Morgan fingerprint density at radius 3 is 2.55 bits per heavy atom. The number of guanidine groups is 1. The zero-order chi connectivity index (χ0) is 19.6. The number of benzene rings is 1. The van der Waals surface area contributed by atoms with Crippen molar-refractivity contribution in [3.63, 3.8) is 0 Å². The number of para-hydroxylation sites is 1. The second-order valence-electron chi connectivity index (χ2n) is 7.90. The van der Waals surface area contributed by atoms with E-state index >= 15 is 0 Å². The van der Waals surface area contributed by atoms with Crippen LogP contribution in [0.5, 0.6) is 0 Å². The maximum Gasteiger partial charge on any atom is 0.193 e. The third-order valence-corrected chi connectivity index (χ3v) is 5.88. The highest BCUT2D eigenvalue weighted by Gasteiger charge is 2.24. The molecular formula is C22H38IN5O. The summed E-state index contributed by atoms with van der Waals surface area (Å²) in [5, 5.41) is 3.55. The van der Waals surface area contributed by atoms with Gasteiger partial charge in [-0.1, -0.05) is 18.2 Å². The Kier molecular flexibility index (Phi) is 11.1. The van der Waals surface area contributed by atoms with Crippen LogP contribution in [-0.2, 0) is 4.74 Å². The zero-order valence-electron chi connectivity index (χ0n) is 18.1. The van der Waals surface area contributed by atoms with E-state index in [1.807, 2.05) is 7.05 Å². The standard InChI is InChI=1S/C22H37N5O.HI/c1-23-22(27-13-10-20(18-27)19-28-2)24-11-6-7-12-25-14-16-26(17-15-25)21-8-4-3-5-9-21;/h3-5,8-9,20H,6-7,10-19H2,1-2H3,(H,23,24);1H. The van der Waals surface area contributed by atoms with Crippen LogP contribution in [0.15, 0.2) is 35.3 Å². The molecule has 0 aliphatic carbocycles. The van der Waals surface area contributed by atoms with Crippen molar-refractivity contribution in [1.82, 2.24) is 15.1 Å². The van der Waals surface area contributed by atoms with Crippen LogP contribution in [0.3, 0.4) is 0 Å². The topological polar surface area (TPSA) is 43.3 Å². The van der Waals surface area contributed by atoms with E-state index in [0.29, 0.717) is 5.92 Å². The third kappa shape index (κ3) is 7.61. The highest BCUT2D eigenvalue weighted by Crippen LogP contribution is 2.17. The minimum atomic E-state index is 0. The van der Waals surface area contributed by atoms with Gasteiger partial charge in [-0.25, -0.2) is 0 Å². The molecule has 2 saturated heterocycles. The highest BCUT2D eigenvalue weighted by atomic mass is 127. The smallest absolute Gasteiger partial charge is 0.193 e. The molecule has 1 unspecified atom stereocenters. The van der Waals surface area contributed by atoms with Crippen LogP contribution in [0.25, 0.3) is 0 Å². The summed E-state index contributed by atoms with van der Waals surface area (Å²) in [6.45, 7) is 9.78. The SMILES string of the molecule is CN=C(NCCCCN1CCN(c2ccccc2)CC1)N1CCC(COC)C1.I. The number of rotatable bonds is 8. The predicted molar refractivity (Wildman–Crippen MR) is 133 cm³/mol. The van der Waals surface area contributed by atoms with Crippen molar-refractivity contribution in [1.29, 1.82) is 0 Å². The molecule has 0 bridgehead atoms. The molecule has 3 rings (SSSR count). The summed E-state index contributed by atoms with van der Waals surface area (Å²) in [7, 11) is 3.68. The van der Waals surface area contributed by atoms with Crippen LogP contribution in [0, 0.1) is 5.92 Å². The van der Waals surface area contributed by atoms with Gasteiger partial charge in [0.15, 0.2) is 5.96 Å². The number of halogens is 1. The van der Waals surface area contributed by atoms with Crippen molar-refractivity contribution in [2.75, 3.05) is 78.0 Å². The largest absolute Gasteiger partial charge is 0.384 e. The van der Waals surface area contributed by atoms with Gasteiger partial charge in [0.2, 0.25) is 0 Å². The van der Waals surface area contributed by atoms with E-state index < -0.39 is 0 Å². The van der Waals surface area contributed by atoms with Crippen molar-refractivity contribution < 1.29 is 4.74 Å². The number of anilines is 1. The normalized spacial score (nSPS) is 20.6. The number of hydrogen-bond donors (Lipinski definition) is 1. The van der Waals surface area contributed by atoms with E-state index in [2.05, 4.69) is 55.3 Å². The molecule has 0 amide bonds. The lowest BCUT2D eigenvalue weighted by Crippen LogP contribution is -2.46. The zero-order valence-corrected chi connectivity index (χ0v) is 20.4. The van der Waals surface area contributed by atoms with Crippen molar-refractivity contribution >= 4 is 35.6 Å². The summed E-state index contributed by atoms with van der Waals surface area (Å²) in [5.74, 6) is 1.69. The minimum absolute atomic E-state index is 0. The Labute approximate surface area is 193 Å². The van der Waals surface area contributed by atoms with Gasteiger partial charge in [-0.15, -0.1) is 24.0 Å². The fourth-order valence-electron chi connectivity index (χ4n) is 4.26. The van der Waals surface area contributed by atoms with E-state index in [4.69, 9.17) is 4.74 Å². The van der Waals surface area contributed by atoms with Crippen LogP contribution in [0.4, 0.5) is 5.69 Å². The number of ether oxygens (including phenoxy) is 1. The summed E-state index contributed by atoms with van der Waals surface area (Å²) in [6.07, 6.45) is 3.62. The molecule has 1 aromatic carbocycles. The van der Waals surface area contributed by atoms with Crippen molar-refractivity contribution in [2.45, 2.75) is 19.3 Å². The Bertz CT molecular complexity index is 592. The maximum absolute atomic E-state index is 5.30. The van der Waals surface area contributed by atoms with E-state index in [1.54, 1.807) is 7.11 Å². The summed E-state index contributed by atoms with van der Waals surface area (Å²) >= 11 is 0. The van der Waals surface area contributed by atoms with Gasteiger partial charge in [-0.05, 0) is 37.9 Å². The van der Waals surface area contributed by atoms with E-state index in [-0.39, 0.29) is 24.0 Å². The van der Waals surface area contributed by atoms with Gasteiger partial charge < -0.3 is 19.9 Å².